The Bertz CT molecular complexity index is 879. The molecule has 0 bridgehead atoms. The van der Waals surface area contributed by atoms with Gasteiger partial charge < -0.3 is 9.47 Å². The minimum absolute atomic E-state index is 0.781. The second-order valence-electron chi connectivity index (χ2n) is 11.0. The van der Waals surface area contributed by atoms with Crippen molar-refractivity contribution in [2.45, 2.75) is 136 Å². The van der Waals surface area contributed by atoms with E-state index in [1.165, 1.54) is 103 Å². The summed E-state index contributed by atoms with van der Waals surface area (Å²) in [6, 6.07) is 13.9. The van der Waals surface area contributed by atoms with Crippen molar-refractivity contribution in [3.05, 3.63) is 48.0 Å². The van der Waals surface area contributed by atoms with Gasteiger partial charge in [0.05, 0.1) is 24.6 Å². The molecule has 2 aromatic rings. The fourth-order valence-corrected chi connectivity index (χ4v) is 4.78. The van der Waals surface area contributed by atoms with Crippen molar-refractivity contribution in [1.82, 2.24) is 0 Å². The number of benzene rings is 2. The average molecular weight is 537 g/mol. The summed E-state index contributed by atoms with van der Waals surface area (Å²) in [5, 5.41) is 8.82. The van der Waals surface area contributed by atoms with E-state index >= 15 is 0 Å². The Labute approximate surface area is 240 Å². The molecule has 0 aromatic heterocycles. The molecule has 4 nitrogen and oxygen atoms in total. The molecule has 39 heavy (non-hydrogen) atoms. The molecule has 2 aromatic carbocycles. The molecule has 0 radical (unpaired) electrons. The predicted molar refractivity (Wildman–Crippen MR) is 167 cm³/mol. The lowest BCUT2D eigenvalue weighted by atomic mass is 10.1. The Morgan fingerprint density at radius 1 is 0.487 bits per heavy atom. The van der Waals surface area contributed by atoms with Gasteiger partial charge in [-0.3, -0.25) is 0 Å². The highest BCUT2D eigenvalue weighted by molar-refractivity contribution is 5.47. The second-order valence-corrected chi connectivity index (χ2v) is 11.0. The molecule has 0 unspecified atom stereocenters. The standard InChI is InChI=1S/C35H56N2O2/c1-4-6-8-10-12-14-16-18-20-28-38-34-25-22-32(23-26-34)36-37-33-24-27-35(31(3)30-33)39-29-21-19-17-15-13-11-9-7-5-2/h22-27,30H,4-21,28-29H2,1-3H3. The lowest BCUT2D eigenvalue weighted by Gasteiger charge is -2.09. The normalized spacial score (nSPS) is 11.4. The molecular weight excluding hydrogens is 480 g/mol. The highest BCUT2D eigenvalue weighted by Gasteiger charge is 2.02. The van der Waals surface area contributed by atoms with Crippen LogP contribution in [0.15, 0.2) is 52.7 Å². The molecule has 218 valence electrons. The van der Waals surface area contributed by atoms with E-state index in [1.54, 1.807) is 0 Å². The van der Waals surface area contributed by atoms with Gasteiger partial charge in [0.25, 0.3) is 0 Å². The number of rotatable bonds is 24. The monoisotopic (exact) mass is 536 g/mol. The lowest BCUT2D eigenvalue weighted by Crippen LogP contribution is -1.98. The number of aryl methyl sites for hydroxylation is 1. The summed E-state index contributed by atoms with van der Waals surface area (Å²) in [5.74, 6) is 1.85. The van der Waals surface area contributed by atoms with Crippen molar-refractivity contribution in [3.8, 4) is 11.5 Å². The number of ether oxygens (including phenoxy) is 2. The molecule has 0 saturated heterocycles. The third-order valence-corrected chi connectivity index (χ3v) is 7.30. The van der Waals surface area contributed by atoms with Crippen LogP contribution in [0.5, 0.6) is 11.5 Å². The van der Waals surface area contributed by atoms with E-state index in [0.717, 1.165) is 54.5 Å². The van der Waals surface area contributed by atoms with Crippen LogP contribution in [0.4, 0.5) is 11.4 Å². The van der Waals surface area contributed by atoms with Crippen molar-refractivity contribution in [1.29, 1.82) is 0 Å². The quantitative estimate of drug-likeness (QED) is 0.0988. The van der Waals surface area contributed by atoms with E-state index in [2.05, 4.69) is 31.0 Å². The number of unbranched alkanes of at least 4 members (excludes halogenated alkanes) is 16. The summed E-state index contributed by atoms with van der Waals surface area (Å²) in [4.78, 5) is 0. The molecule has 0 atom stereocenters. The number of hydrogen-bond acceptors (Lipinski definition) is 4. The van der Waals surface area contributed by atoms with Crippen LogP contribution >= 0.6 is 0 Å². The van der Waals surface area contributed by atoms with Crippen LogP contribution in [0.1, 0.15) is 135 Å². The number of nitrogens with zero attached hydrogens (tertiary/aromatic N) is 2. The first-order chi connectivity index (χ1) is 19.2. The Morgan fingerprint density at radius 3 is 1.44 bits per heavy atom. The number of azo groups is 1. The molecule has 0 aliphatic rings. The van der Waals surface area contributed by atoms with Gasteiger partial charge in [0.1, 0.15) is 11.5 Å². The van der Waals surface area contributed by atoms with Crippen LogP contribution in [0.2, 0.25) is 0 Å². The van der Waals surface area contributed by atoms with E-state index < -0.39 is 0 Å². The zero-order valence-electron chi connectivity index (χ0n) is 25.4. The van der Waals surface area contributed by atoms with Crippen molar-refractivity contribution < 1.29 is 9.47 Å². The van der Waals surface area contributed by atoms with E-state index in [1.807, 2.05) is 42.5 Å². The second kappa shape index (κ2) is 22.5. The van der Waals surface area contributed by atoms with Crippen LogP contribution in [-0.2, 0) is 0 Å². The Hall–Kier alpha value is -2.36. The fourth-order valence-electron chi connectivity index (χ4n) is 4.78. The van der Waals surface area contributed by atoms with Gasteiger partial charge in [0.15, 0.2) is 0 Å². The first-order valence-corrected chi connectivity index (χ1v) is 16.1. The lowest BCUT2D eigenvalue weighted by molar-refractivity contribution is 0.302. The third kappa shape index (κ3) is 16.4. The van der Waals surface area contributed by atoms with Crippen molar-refractivity contribution >= 4 is 11.4 Å². The van der Waals surface area contributed by atoms with Crippen LogP contribution in [0.3, 0.4) is 0 Å². The molecule has 0 heterocycles. The molecule has 4 heteroatoms. The predicted octanol–water partition coefficient (Wildman–Crippen LogP) is 12.2. The van der Waals surface area contributed by atoms with Gasteiger partial charge in [-0.25, -0.2) is 0 Å². The molecule has 0 amide bonds. The van der Waals surface area contributed by atoms with Gasteiger partial charge in [-0.05, 0) is 67.8 Å². The maximum atomic E-state index is 6.02. The van der Waals surface area contributed by atoms with Crippen LogP contribution in [0.25, 0.3) is 0 Å². The molecule has 0 spiro atoms. The minimum Gasteiger partial charge on any atom is -0.494 e. The maximum absolute atomic E-state index is 6.02. The van der Waals surface area contributed by atoms with Crippen LogP contribution < -0.4 is 9.47 Å². The summed E-state index contributed by atoms with van der Waals surface area (Å²) in [7, 11) is 0. The Balaban J connectivity index is 1.58. The highest BCUT2D eigenvalue weighted by Crippen LogP contribution is 2.26. The van der Waals surface area contributed by atoms with E-state index in [4.69, 9.17) is 9.47 Å². The van der Waals surface area contributed by atoms with E-state index in [0.29, 0.717) is 0 Å². The van der Waals surface area contributed by atoms with Gasteiger partial charge in [0, 0.05) is 0 Å². The molecule has 0 N–H and O–H groups in total. The van der Waals surface area contributed by atoms with E-state index in [9.17, 15) is 0 Å². The number of hydrogen-bond donors (Lipinski definition) is 0. The SMILES string of the molecule is CCCCCCCCCCCOc1ccc(N=Nc2ccc(OCCCCCCCCCCC)c(C)c2)cc1. The minimum atomic E-state index is 0.781. The molecule has 0 fully saturated rings. The topological polar surface area (TPSA) is 43.2 Å². The third-order valence-electron chi connectivity index (χ3n) is 7.30. The first-order valence-electron chi connectivity index (χ1n) is 16.1. The average Bonchev–Trinajstić information content (AvgIpc) is 2.95. The van der Waals surface area contributed by atoms with Gasteiger partial charge >= 0.3 is 0 Å². The fraction of sp³-hybridized carbons (Fsp3) is 0.657. The summed E-state index contributed by atoms with van der Waals surface area (Å²) < 4.78 is 11.9. The largest absolute Gasteiger partial charge is 0.494 e. The summed E-state index contributed by atoms with van der Waals surface area (Å²) >= 11 is 0. The maximum Gasteiger partial charge on any atom is 0.122 e. The molecule has 0 saturated carbocycles. The van der Waals surface area contributed by atoms with Crippen molar-refractivity contribution in [2.24, 2.45) is 10.2 Å². The zero-order chi connectivity index (χ0) is 27.8. The molecular formula is C35H56N2O2. The highest BCUT2D eigenvalue weighted by atomic mass is 16.5. The first kappa shape index (κ1) is 32.8. The summed E-state index contributed by atoms with van der Waals surface area (Å²) in [5.41, 5.74) is 2.77. The smallest absolute Gasteiger partial charge is 0.122 e. The molecule has 2 rings (SSSR count). The van der Waals surface area contributed by atoms with Gasteiger partial charge in [0.2, 0.25) is 0 Å². The summed E-state index contributed by atoms with van der Waals surface area (Å²) in [6.45, 7) is 8.18. The van der Waals surface area contributed by atoms with Gasteiger partial charge in [-0.1, -0.05) is 117 Å². The molecule has 0 aliphatic heterocycles. The Morgan fingerprint density at radius 2 is 0.923 bits per heavy atom. The van der Waals surface area contributed by atoms with Crippen molar-refractivity contribution in [3.63, 3.8) is 0 Å². The Kier molecular flexibility index (Phi) is 18.9. The van der Waals surface area contributed by atoms with Gasteiger partial charge in [-0.15, -0.1) is 0 Å². The van der Waals surface area contributed by atoms with Crippen LogP contribution in [-0.4, -0.2) is 13.2 Å². The molecule has 0 aliphatic carbocycles. The van der Waals surface area contributed by atoms with Gasteiger partial charge in [-0.2, -0.15) is 10.2 Å². The van der Waals surface area contributed by atoms with Crippen LogP contribution in [0, 0.1) is 6.92 Å². The zero-order valence-corrected chi connectivity index (χ0v) is 25.4. The summed E-state index contributed by atoms with van der Waals surface area (Å²) in [6.07, 6.45) is 23.9. The van der Waals surface area contributed by atoms with E-state index in [-0.39, 0.29) is 0 Å². The van der Waals surface area contributed by atoms with Crippen molar-refractivity contribution in [2.75, 3.05) is 13.2 Å².